The van der Waals surface area contributed by atoms with Crippen LogP contribution in [-0.4, -0.2) is 24.5 Å². The van der Waals surface area contributed by atoms with E-state index < -0.39 is 17.9 Å². The van der Waals surface area contributed by atoms with Gasteiger partial charge in [0.05, 0.1) is 0 Å². The lowest BCUT2D eigenvalue weighted by Crippen LogP contribution is -2.34. The molecule has 0 saturated carbocycles. The molecule has 0 aromatic heterocycles. The third-order valence-corrected chi connectivity index (χ3v) is 2.77. The molecule has 0 bridgehead atoms. The van der Waals surface area contributed by atoms with Crippen molar-refractivity contribution in [3.8, 4) is 11.5 Å². The molecule has 0 radical (unpaired) electrons. The highest BCUT2D eigenvalue weighted by atomic mass is 19.3. The molecular weight excluding hydrogens is 250 g/mol. The third kappa shape index (κ3) is 1.86. The zero-order valence-electron chi connectivity index (χ0n) is 9.57. The van der Waals surface area contributed by atoms with Gasteiger partial charge in [-0.2, -0.15) is 0 Å². The Hall–Kier alpha value is -1.89. The lowest BCUT2D eigenvalue weighted by Gasteiger charge is -2.23. The van der Waals surface area contributed by atoms with Gasteiger partial charge in [-0.25, -0.2) is 4.79 Å². The van der Waals surface area contributed by atoms with Crippen LogP contribution in [0.4, 0.5) is 8.78 Å². The first kappa shape index (κ1) is 12.6. The number of ether oxygens (including phenoxy) is 3. The van der Waals surface area contributed by atoms with Crippen LogP contribution in [0.3, 0.4) is 0 Å². The average Bonchev–Trinajstić information content (AvgIpc) is 2.60. The fraction of sp³-hybridized carbons (Fsp3) is 0.364. The Labute approximate surface area is 101 Å². The van der Waals surface area contributed by atoms with Crippen LogP contribution in [0, 0.1) is 0 Å². The van der Waals surface area contributed by atoms with Gasteiger partial charge in [0.2, 0.25) is 0 Å². The molecule has 1 atom stereocenters. The number of hydrogen-bond acceptors (Lipinski definition) is 4. The molecule has 0 aliphatic carbocycles. The lowest BCUT2D eigenvalue weighted by atomic mass is 9.95. The van der Waals surface area contributed by atoms with Crippen molar-refractivity contribution >= 4 is 5.97 Å². The first-order valence-electron chi connectivity index (χ1n) is 4.97. The number of methoxy groups -OCH3 is 1. The van der Waals surface area contributed by atoms with Crippen molar-refractivity contribution in [3.05, 3.63) is 23.8 Å². The minimum Gasteiger partial charge on any atom is -0.479 e. The molecule has 98 valence electrons. The van der Waals surface area contributed by atoms with Crippen LogP contribution in [0.25, 0.3) is 0 Å². The van der Waals surface area contributed by atoms with Gasteiger partial charge >= 0.3 is 12.3 Å². The lowest BCUT2D eigenvalue weighted by molar-refractivity contribution is -0.286. The van der Waals surface area contributed by atoms with Gasteiger partial charge in [-0.3, -0.25) is 0 Å². The van der Waals surface area contributed by atoms with E-state index in [2.05, 4.69) is 9.47 Å². The summed E-state index contributed by atoms with van der Waals surface area (Å²) < 4.78 is 39.0. The second kappa shape index (κ2) is 3.81. The Morgan fingerprint density at radius 3 is 2.56 bits per heavy atom. The van der Waals surface area contributed by atoms with Crippen molar-refractivity contribution < 1.29 is 32.9 Å². The van der Waals surface area contributed by atoms with Gasteiger partial charge in [0.25, 0.3) is 0 Å². The molecular formula is C11H10F2O5. The number of alkyl halides is 2. The Morgan fingerprint density at radius 2 is 2.00 bits per heavy atom. The second-order valence-electron chi connectivity index (χ2n) is 3.87. The topological polar surface area (TPSA) is 65.0 Å². The fourth-order valence-corrected chi connectivity index (χ4v) is 1.57. The van der Waals surface area contributed by atoms with Crippen LogP contribution < -0.4 is 9.47 Å². The molecule has 7 heteroatoms. The van der Waals surface area contributed by atoms with Crippen molar-refractivity contribution in [1.82, 2.24) is 0 Å². The monoisotopic (exact) mass is 260 g/mol. The van der Waals surface area contributed by atoms with Gasteiger partial charge in [0.15, 0.2) is 17.1 Å². The van der Waals surface area contributed by atoms with Gasteiger partial charge in [-0.05, 0) is 24.6 Å². The quantitative estimate of drug-likeness (QED) is 0.899. The van der Waals surface area contributed by atoms with E-state index in [1.54, 1.807) is 0 Å². The Morgan fingerprint density at radius 1 is 1.39 bits per heavy atom. The first-order valence-corrected chi connectivity index (χ1v) is 4.97. The Kier molecular flexibility index (Phi) is 2.66. The van der Waals surface area contributed by atoms with Crippen LogP contribution in [0.1, 0.15) is 12.5 Å². The first-order chi connectivity index (χ1) is 8.28. The summed E-state index contributed by atoms with van der Waals surface area (Å²) in [5, 5.41) is 9.09. The summed E-state index contributed by atoms with van der Waals surface area (Å²) in [5.74, 6) is -1.61. The minimum atomic E-state index is -3.73. The zero-order valence-corrected chi connectivity index (χ0v) is 9.57. The fourth-order valence-electron chi connectivity index (χ4n) is 1.57. The van der Waals surface area contributed by atoms with Gasteiger partial charge in [-0.1, -0.05) is 6.07 Å². The van der Waals surface area contributed by atoms with Crippen molar-refractivity contribution in [2.45, 2.75) is 18.8 Å². The smallest absolute Gasteiger partial charge is 0.479 e. The number of fused-ring (bicyclic) bond motifs is 1. The van der Waals surface area contributed by atoms with E-state index in [1.807, 2.05) is 0 Å². The second-order valence-corrected chi connectivity index (χ2v) is 3.87. The van der Waals surface area contributed by atoms with E-state index in [9.17, 15) is 13.6 Å². The van der Waals surface area contributed by atoms with Crippen molar-refractivity contribution in [3.63, 3.8) is 0 Å². The van der Waals surface area contributed by atoms with Gasteiger partial charge < -0.3 is 19.3 Å². The summed E-state index contributed by atoms with van der Waals surface area (Å²) in [6, 6.07) is 3.71. The number of carbonyl (C=O) groups is 1. The maximum atomic E-state index is 12.8. The highest BCUT2D eigenvalue weighted by molar-refractivity contribution is 5.79. The predicted octanol–water partition coefficient (Wildman–Crippen LogP) is 1.95. The zero-order chi connectivity index (χ0) is 13.6. The largest absolute Gasteiger partial charge is 0.586 e. The maximum absolute atomic E-state index is 12.8. The molecule has 0 fully saturated rings. The van der Waals surface area contributed by atoms with Gasteiger partial charge in [0, 0.05) is 7.11 Å². The number of carboxylic acid groups (broad SMARTS) is 1. The summed E-state index contributed by atoms with van der Waals surface area (Å²) in [6.45, 7) is 1.31. The maximum Gasteiger partial charge on any atom is 0.586 e. The van der Waals surface area contributed by atoms with Gasteiger partial charge in [-0.15, -0.1) is 8.78 Å². The summed E-state index contributed by atoms with van der Waals surface area (Å²) >= 11 is 0. The van der Waals surface area contributed by atoms with E-state index >= 15 is 0 Å². The number of aliphatic carboxylic acids is 1. The highest BCUT2D eigenvalue weighted by Crippen LogP contribution is 2.43. The van der Waals surface area contributed by atoms with E-state index in [4.69, 9.17) is 9.84 Å². The molecule has 0 spiro atoms. The molecule has 1 N–H and O–H groups in total. The molecule has 1 aliphatic rings. The molecule has 1 aromatic carbocycles. The Bertz CT molecular complexity index is 502. The minimum absolute atomic E-state index is 0.146. The van der Waals surface area contributed by atoms with Crippen molar-refractivity contribution in [2.75, 3.05) is 7.11 Å². The summed E-state index contributed by atoms with van der Waals surface area (Å²) in [6.07, 6.45) is -3.73. The van der Waals surface area contributed by atoms with Crippen LogP contribution in [-0.2, 0) is 15.1 Å². The molecule has 2 rings (SSSR count). The van der Waals surface area contributed by atoms with E-state index in [0.717, 1.165) is 6.07 Å². The van der Waals surface area contributed by atoms with Crippen LogP contribution >= 0.6 is 0 Å². The molecule has 1 aliphatic heterocycles. The van der Waals surface area contributed by atoms with Crippen molar-refractivity contribution in [1.29, 1.82) is 0 Å². The van der Waals surface area contributed by atoms with E-state index in [-0.39, 0.29) is 17.1 Å². The third-order valence-electron chi connectivity index (χ3n) is 2.77. The van der Waals surface area contributed by atoms with Gasteiger partial charge in [0.1, 0.15) is 0 Å². The van der Waals surface area contributed by atoms with E-state index in [0.29, 0.717) is 0 Å². The summed E-state index contributed by atoms with van der Waals surface area (Å²) in [7, 11) is 1.22. The summed E-state index contributed by atoms with van der Waals surface area (Å²) in [4.78, 5) is 11.1. The average molecular weight is 260 g/mol. The van der Waals surface area contributed by atoms with Crippen LogP contribution in [0.15, 0.2) is 18.2 Å². The molecule has 5 nitrogen and oxygen atoms in total. The molecule has 0 saturated heterocycles. The number of hydrogen-bond donors (Lipinski definition) is 1. The molecule has 1 unspecified atom stereocenters. The molecule has 18 heavy (non-hydrogen) atoms. The van der Waals surface area contributed by atoms with E-state index in [1.165, 1.54) is 26.2 Å². The van der Waals surface area contributed by atoms with Crippen LogP contribution in [0.2, 0.25) is 0 Å². The number of benzene rings is 1. The number of halogens is 2. The number of carboxylic acids is 1. The normalized spacial score (nSPS) is 19.3. The molecule has 1 aromatic rings. The standard InChI is InChI=1S/C11H10F2O5/c1-10(16-2,9(14)15)6-3-4-7-8(5-6)18-11(12,13)17-7/h3-5H,1-2H3,(H,14,15). The predicted molar refractivity (Wildman–Crippen MR) is 54.6 cm³/mol. The molecule has 1 heterocycles. The Balaban J connectivity index is 2.43. The number of rotatable bonds is 3. The SMILES string of the molecule is COC(C)(C(=O)O)c1ccc2c(c1)OC(F)(F)O2. The molecule has 0 amide bonds. The summed E-state index contributed by atoms with van der Waals surface area (Å²) in [5.41, 5.74) is -1.46. The highest BCUT2D eigenvalue weighted by Gasteiger charge is 2.45. The van der Waals surface area contributed by atoms with Crippen molar-refractivity contribution in [2.24, 2.45) is 0 Å². The van der Waals surface area contributed by atoms with Crippen LogP contribution in [0.5, 0.6) is 11.5 Å².